The summed E-state index contributed by atoms with van der Waals surface area (Å²) >= 11 is 0. The highest BCUT2D eigenvalue weighted by Gasteiger charge is 2.11. The van der Waals surface area contributed by atoms with Crippen molar-refractivity contribution in [1.29, 1.82) is 0 Å². The van der Waals surface area contributed by atoms with Crippen LogP contribution in [0.25, 0.3) is 32.6 Å². The van der Waals surface area contributed by atoms with Crippen LogP contribution in [0.2, 0.25) is 0 Å². The number of H-pyrrole nitrogens is 1. The van der Waals surface area contributed by atoms with Crippen molar-refractivity contribution in [2.45, 2.75) is 0 Å². The van der Waals surface area contributed by atoms with Crippen LogP contribution in [0, 0.1) is 0 Å². The maximum absolute atomic E-state index is 11.6. The molecule has 1 N–H and O–H groups in total. The lowest BCUT2D eigenvalue weighted by molar-refractivity contribution is 0.599. The Bertz CT molecular complexity index is 861. The normalized spacial score (nSPS) is 12.4. The zero-order chi connectivity index (χ0) is 12.8. The summed E-state index contributed by atoms with van der Waals surface area (Å²) < 4.78 is 11.6. The largest absolute Gasteiger partial charge is 0.589 e. The van der Waals surface area contributed by atoms with Gasteiger partial charge in [-0.2, -0.15) is 0 Å². The highest BCUT2D eigenvalue weighted by molar-refractivity contribution is 7.29. The molecule has 4 rings (SSSR count). The summed E-state index contributed by atoms with van der Waals surface area (Å²) in [6, 6.07) is 11.9. The number of nitrogens with one attached hydrogen (secondary N) is 1. The monoisotopic (exact) mass is 267 g/mol. The molecule has 0 bridgehead atoms. The van der Waals surface area contributed by atoms with Crippen LogP contribution in [-0.4, -0.2) is 19.5 Å². The van der Waals surface area contributed by atoms with E-state index in [0.717, 1.165) is 22.3 Å². The van der Waals surface area contributed by atoms with Crippen LogP contribution >= 0.6 is 10.8 Å². The Morgan fingerprint density at radius 2 is 2.05 bits per heavy atom. The van der Waals surface area contributed by atoms with E-state index in [4.69, 9.17) is 0 Å². The van der Waals surface area contributed by atoms with Gasteiger partial charge in [0.15, 0.2) is 0 Å². The lowest BCUT2D eigenvalue weighted by Crippen LogP contribution is -1.85. The van der Waals surface area contributed by atoms with Crippen molar-refractivity contribution in [3.63, 3.8) is 0 Å². The van der Waals surface area contributed by atoms with Gasteiger partial charge in [0.1, 0.15) is 16.6 Å². The molecule has 92 valence electrons. The second-order valence-electron chi connectivity index (χ2n) is 4.32. The number of hydrogen-bond acceptors (Lipinski definition) is 3. The van der Waals surface area contributed by atoms with Crippen molar-refractivity contribution < 1.29 is 4.55 Å². The lowest BCUT2D eigenvalue weighted by Gasteiger charge is -1.95. The van der Waals surface area contributed by atoms with Crippen molar-refractivity contribution in [2.75, 3.05) is 0 Å². The van der Waals surface area contributed by atoms with Crippen LogP contribution in [0.4, 0.5) is 0 Å². The molecule has 1 aromatic carbocycles. The van der Waals surface area contributed by atoms with Gasteiger partial charge >= 0.3 is 0 Å². The minimum atomic E-state index is -1.14. The third-order valence-electron chi connectivity index (χ3n) is 3.11. The van der Waals surface area contributed by atoms with Crippen LogP contribution in [-0.2, 0) is 0 Å². The molecule has 0 saturated heterocycles. The Labute approximate surface area is 111 Å². The molecule has 1 atom stereocenters. The molecule has 0 radical (unpaired) electrons. The molecule has 0 aliphatic rings. The van der Waals surface area contributed by atoms with E-state index in [1.54, 1.807) is 17.6 Å². The average molecular weight is 267 g/mol. The fourth-order valence-corrected chi connectivity index (χ4v) is 3.05. The van der Waals surface area contributed by atoms with E-state index in [1.807, 2.05) is 30.3 Å². The fourth-order valence-electron chi connectivity index (χ4n) is 2.19. The number of rotatable bonds is 1. The number of benzene rings is 1. The van der Waals surface area contributed by atoms with Crippen LogP contribution < -0.4 is 0 Å². The molecule has 3 heterocycles. The first-order valence-electron chi connectivity index (χ1n) is 5.85. The van der Waals surface area contributed by atoms with Gasteiger partial charge in [0.05, 0.1) is 11.9 Å². The molecule has 19 heavy (non-hydrogen) atoms. The quantitative estimate of drug-likeness (QED) is 0.537. The number of aromatic amines is 1. The lowest BCUT2D eigenvalue weighted by atomic mass is 10.2. The highest BCUT2D eigenvalue weighted by Crippen LogP contribution is 2.28. The third-order valence-corrected chi connectivity index (χ3v) is 4.19. The molecule has 0 amide bonds. The Balaban J connectivity index is 1.93. The Kier molecular flexibility index (Phi) is 2.18. The topological polar surface area (TPSA) is 64.6 Å². The summed E-state index contributed by atoms with van der Waals surface area (Å²) in [5.41, 5.74) is 3.44. The number of nitrogens with zero attached hydrogens (tertiary/aromatic N) is 2. The van der Waals surface area contributed by atoms with Gasteiger partial charge in [0, 0.05) is 17.0 Å². The van der Waals surface area contributed by atoms with E-state index in [0.29, 0.717) is 10.3 Å². The Hall–Kier alpha value is -2.24. The average Bonchev–Trinajstić information content (AvgIpc) is 3.02. The highest BCUT2D eigenvalue weighted by atomic mass is 32.2. The second-order valence-corrected chi connectivity index (χ2v) is 5.57. The number of hydrogen-bond donors (Lipinski definition) is 1. The molecule has 3 aromatic heterocycles. The number of fused-ring (bicyclic) bond motifs is 2. The van der Waals surface area contributed by atoms with E-state index in [-0.39, 0.29) is 0 Å². The van der Waals surface area contributed by atoms with Crippen molar-refractivity contribution in [2.24, 2.45) is 0 Å². The molecule has 0 saturated carbocycles. The molecule has 4 aromatic rings. The third kappa shape index (κ3) is 1.63. The van der Waals surface area contributed by atoms with Crippen LogP contribution in [0.5, 0.6) is 0 Å². The number of para-hydroxylation sites is 1. The maximum Gasteiger partial charge on any atom is 0.291 e. The molecule has 0 spiro atoms. The van der Waals surface area contributed by atoms with Gasteiger partial charge in [0.25, 0.3) is 4.83 Å². The van der Waals surface area contributed by atoms with Gasteiger partial charge in [-0.05, 0) is 22.9 Å². The second kappa shape index (κ2) is 3.88. The summed E-state index contributed by atoms with van der Waals surface area (Å²) in [6.07, 6.45) is 1.66. The van der Waals surface area contributed by atoms with Crippen LogP contribution in [0.15, 0.2) is 48.0 Å². The van der Waals surface area contributed by atoms with Gasteiger partial charge in [-0.15, -0.1) is 0 Å². The Morgan fingerprint density at radius 3 is 2.95 bits per heavy atom. The molecule has 0 fully saturated rings. The van der Waals surface area contributed by atoms with E-state index >= 15 is 0 Å². The molecule has 4 nitrogen and oxygen atoms in total. The summed E-state index contributed by atoms with van der Waals surface area (Å²) in [5.74, 6) is 0. The minimum absolute atomic E-state index is 0.542. The Morgan fingerprint density at radius 1 is 1.16 bits per heavy atom. The van der Waals surface area contributed by atoms with E-state index in [9.17, 15) is 4.55 Å². The first kappa shape index (κ1) is 10.7. The van der Waals surface area contributed by atoms with Crippen molar-refractivity contribution >= 4 is 32.0 Å². The summed E-state index contributed by atoms with van der Waals surface area (Å²) in [7, 11) is -1.14. The van der Waals surface area contributed by atoms with Crippen molar-refractivity contribution in [1.82, 2.24) is 15.0 Å². The predicted octanol–water partition coefficient (Wildman–Crippen LogP) is 3.51. The van der Waals surface area contributed by atoms with Crippen LogP contribution in [0.3, 0.4) is 0 Å². The maximum atomic E-state index is 11.6. The van der Waals surface area contributed by atoms with E-state index in [2.05, 4.69) is 15.0 Å². The van der Waals surface area contributed by atoms with Gasteiger partial charge < -0.3 is 9.54 Å². The molecule has 1 unspecified atom stereocenters. The molecular formula is C14H9N3OS. The summed E-state index contributed by atoms with van der Waals surface area (Å²) in [6.45, 7) is 0. The predicted molar refractivity (Wildman–Crippen MR) is 75.5 cm³/mol. The SMILES string of the molecule is [O-][s+]1ccc2nc(-c3cc4ccccc4[nH]3)cnc21. The smallest absolute Gasteiger partial charge is 0.291 e. The summed E-state index contributed by atoms with van der Waals surface area (Å²) in [4.78, 5) is 12.6. The van der Waals surface area contributed by atoms with Gasteiger partial charge in [-0.1, -0.05) is 18.2 Å². The van der Waals surface area contributed by atoms with Crippen molar-refractivity contribution in [3.05, 3.63) is 48.0 Å². The molecule has 5 heteroatoms. The zero-order valence-electron chi connectivity index (χ0n) is 9.83. The van der Waals surface area contributed by atoms with E-state index < -0.39 is 10.8 Å². The fraction of sp³-hybridized carbons (Fsp3) is 0. The first-order chi connectivity index (χ1) is 9.31. The first-order valence-corrected chi connectivity index (χ1v) is 7.06. The minimum Gasteiger partial charge on any atom is -0.589 e. The molecule has 0 aliphatic carbocycles. The standard InChI is InChI=1S/C14H9N3OS/c18-19-6-5-11-14(19)15-8-13(17-11)12-7-9-3-1-2-4-10(9)16-12/h1-8,16H. The van der Waals surface area contributed by atoms with E-state index in [1.165, 1.54) is 0 Å². The number of aromatic nitrogens is 3. The molecular weight excluding hydrogens is 258 g/mol. The zero-order valence-corrected chi connectivity index (χ0v) is 10.6. The van der Waals surface area contributed by atoms with Gasteiger partial charge in [-0.25, -0.2) is 9.97 Å². The van der Waals surface area contributed by atoms with Gasteiger partial charge in [0.2, 0.25) is 0 Å². The number of thiophene rings is 1. The van der Waals surface area contributed by atoms with Crippen LogP contribution in [0.1, 0.15) is 0 Å². The molecule has 0 aliphatic heterocycles. The van der Waals surface area contributed by atoms with Crippen molar-refractivity contribution in [3.8, 4) is 11.4 Å². The summed E-state index contributed by atoms with van der Waals surface area (Å²) in [5, 5.41) is 2.75. The van der Waals surface area contributed by atoms with Gasteiger partial charge in [-0.3, -0.25) is 0 Å².